The largest absolute Gasteiger partial charge is 0.461 e. The molecule has 234 valence electrons. The van der Waals surface area contributed by atoms with E-state index in [-0.39, 0.29) is 12.8 Å². The van der Waals surface area contributed by atoms with Crippen LogP contribution in [-0.2, 0) is 9.53 Å². The van der Waals surface area contributed by atoms with Gasteiger partial charge in [-0.05, 0) is 6.42 Å². The van der Waals surface area contributed by atoms with Crippen LogP contribution in [0.1, 0.15) is 64.7 Å². The van der Waals surface area contributed by atoms with Gasteiger partial charge in [0.15, 0.2) is 0 Å². The summed E-state index contributed by atoms with van der Waals surface area (Å²) in [5.74, 6) is -61.7. The van der Waals surface area contributed by atoms with Gasteiger partial charge in [-0.25, -0.2) is 4.79 Å². The van der Waals surface area contributed by atoms with Gasteiger partial charge in [0.2, 0.25) is 0 Å². The Morgan fingerprint density at radius 1 is 0.462 bits per heavy atom. The van der Waals surface area contributed by atoms with Gasteiger partial charge in [0.05, 0.1) is 6.61 Å². The number of carbonyl (C=O) groups is 1. The summed E-state index contributed by atoms with van der Waals surface area (Å²) in [6.45, 7) is 0.759. The Bertz CT molecular complexity index is 790. The van der Waals surface area contributed by atoms with Crippen LogP contribution in [0.5, 0.6) is 0 Å². The average Bonchev–Trinajstić information content (AvgIpc) is 2.78. The summed E-state index contributed by atoms with van der Waals surface area (Å²) in [6, 6.07) is 0. The molecule has 0 atom stereocenters. The van der Waals surface area contributed by atoms with Crippen LogP contribution in [0.2, 0.25) is 0 Å². The number of carbonyl (C=O) groups excluding carboxylic acids is 1. The Labute approximate surface area is 210 Å². The highest BCUT2D eigenvalue weighted by Crippen LogP contribution is 2.64. The topological polar surface area (TPSA) is 26.3 Å². The van der Waals surface area contributed by atoms with Gasteiger partial charge in [0.1, 0.15) is 0 Å². The molecule has 0 fully saturated rings. The first-order valence-electron chi connectivity index (χ1n) is 11.1. The van der Waals surface area contributed by atoms with Crippen molar-refractivity contribution in [3.8, 4) is 0 Å². The van der Waals surface area contributed by atoms with Crippen LogP contribution >= 0.6 is 0 Å². The Balaban J connectivity index is 5.67. The molecule has 0 aliphatic rings. The van der Waals surface area contributed by atoms with Crippen LogP contribution in [0, 0.1) is 0 Å². The van der Waals surface area contributed by atoms with Crippen molar-refractivity contribution < 1.29 is 84.2 Å². The second-order valence-corrected chi connectivity index (χ2v) is 8.48. The van der Waals surface area contributed by atoms with Crippen LogP contribution in [-0.4, -0.2) is 60.2 Å². The number of hydrogen-bond acceptors (Lipinski definition) is 2. The zero-order valence-electron chi connectivity index (χ0n) is 19.8. The van der Waals surface area contributed by atoms with Gasteiger partial charge in [-0.1, -0.05) is 58.3 Å². The highest BCUT2D eigenvalue weighted by atomic mass is 19.4. The highest BCUT2D eigenvalue weighted by Gasteiger charge is 2.95. The summed E-state index contributed by atoms with van der Waals surface area (Å²) in [7, 11) is 0. The van der Waals surface area contributed by atoms with Crippen molar-refractivity contribution in [2.45, 2.75) is 112 Å². The summed E-state index contributed by atoms with van der Waals surface area (Å²) >= 11 is 0. The quantitative estimate of drug-likeness (QED) is 0.0924. The van der Waals surface area contributed by atoms with Crippen molar-refractivity contribution in [1.29, 1.82) is 0 Å². The molecule has 2 nitrogen and oxygen atoms in total. The molecule has 0 radical (unpaired) electrons. The van der Waals surface area contributed by atoms with Crippen LogP contribution in [0.25, 0.3) is 0 Å². The molecule has 0 bridgehead atoms. The highest BCUT2D eigenvalue weighted by molar-refractivity contribution is 5.79. The third-order valence-corrected chi connectivity index (χ3v) is 5.46. The molecule has 0 aromatic rings. The van der Waals surface area contributed by atoms with Gasteiger partial charge >= 0.3 is 53.6 Å². The van der Waals surface area contributed by atoms with Gasteiger partial charge in [-0.2, -0.15) is 74.6 Å². The van der Waals surface area contributed by atoms with Gasteiger partial charge in [0, 0.05) is 0 Å². The third-order valence-electron chi connectivity index (χ3n) is 5.46. The molecule has 19 heteroatoms. The molecule has 0 saturated heterocycles. The molecule has 0 heterocycles. The van der Waals surface area contributed by atoms with E-state index in [4.69, 9.17) is 0 Å². The number of halogens is 17. The molecule has 0 amide bonds. The van der Waals surface area contributed by atoms with Crippen molar-refractivity contribution in [1.82, 2.24) is 0 Å². The van der Waals surface area contributed by atoms with E-state index in [1.165, 1.54) is 0 Å². The summed E-state index contributed by atoms with van der Waals surface area (Å²) in [5, 5.41) is 0. The van der Waals surface area contributed by atoms with Crippen molar-refractivity contribution in [2.24, 2.45) is 0 Å². The standard InChI is InChI=1S/C20H23F17O2/c1-2-3-4-5-6-7-8-9-10-11-39-12(38)13(21,22)14(23,24)15(25,26)16(27,28)17(29,30)18(31,32)19(33,34)20(35,36)37/h2-11H2,1H3. The van der Waals surface area contributed by atoms with Crippen molar-refractivity contribution >= 4 is 5.97 Å². The molecule has 0 aliphatic carbocycles. The summed E-state index contributed by atoms with van der Waals surface area (Å²) in [6.07, 6.45) is -2.63. The molecule has 0 aliphatic heterocycles. The van der Waals surface area contributed by atoms with Crippen LogP contribution in [0.15, 0.2) is 0 Å². The predicted molar refractivity (Wildman–Crippen MR) is 98.9 cm³/mol. The smallest absolute Gasteiger partial charge is 0.460 e. The Morgan fingerprint density at radius 3 is 1.13 bits per heavy atom. The fourth-order valence-corrected chi connectivity index (χ4v) is 2.96. The first-order valence-corrected chi connectivity index (χ1v) is 11.1. The molecule has 0 rings (SSSR count). The first kappa shape index (κ1) is 37.3. The number of ether oxygens (including phenoxy) is 1. The van der Waals surface area contributed by atoms with Crippen LogP contribution in [0.3, 0.4) is 0 Å². The lowest BCUT2D eigenvalue weighted by molar-refractivity contribution is -0.460. The first-order chi connectivity index (χ1) is 17.2. The minimum atomic E-state index is -8.73. The third kappa shape index (κ3) is 6.78. The van der Waals surface area contributed by atoms with E-state index in [0.29, 0.717) is 12.8 Å². The Kier molecular flexibility index (Phi) is 11.9. The van der Waals surface area contributed by atoms with Crippen LogP contribution < -0.4 is 0 Å². The Morgan fingerprint density at radius 2 is 0.769 bits per heavy atom. The summed E-state index contributed by atoms with van der Waals surface area (Å²) < 4.78 is 228. The number of esters is 1. The Hall–Kier alpha value is -1.72. The molecular formula is C20H23F17O2. The zero-order chi connectivity index (χ0) is 31.4. The van der Waals surface area contributed by atoms with Gasteiger partial charge < -0.3 is 4.74 Å². The second kappa shape index (κ2) is 12.4. The van der Waals surface area contributed by atoms with Crippen LogP contribution in [0.4, 0.5) is 74.6 Å². The molecule has 0 spiro atoms. The fraction of sp³-hybridized carbons (Fsp3) is 0.950. The molecule has 0 unspecified atom stereocenters. The number of rotatable bonds is 17. The molecule has 0 aromatic carbocycles. The minimum absolute atomic E-state index is 0.103. The van der Waals surface area contributed by atoms with E-state index in [1.54, 1.807) is 0 Å². The lowest BCUT2D eigenvalue weighted by Gasteiger charge is -2.42. The van der Waals surface area contributed by atoms with Gasteiger partial charge in [-0.3, -0.25) is 0 Å². The van der Waals surface area contributed by atoms with Gasteiger partial charge in [-0.15, -0.1) is 0 Å². The lowest BCUT2D eigenvalue weighted by Crippen LogP contribution is -2.75. The molecule has 0 N–H and O–H groups in total. The maximum absolute atomic E-state index is 13.7. The predicted octanol–water partition coefficient (Wildman–Crippen LogP) is 9.07. The number of alkyl halides is 17. The molecular weight excluding hydrogens is 595 g/mol. The maximum atomic E-state index is 13.7. The van der Waals surface area contributed by atoms with E-state index in [2.05, 4.69) is 4.74 Å². The van der Waals surface area contributed by atoms with Crippen molar-refractivity contribution in [3.05, 3.63) is 0 Å². The monoisotopic (exact) mass is 618 g/mol. The second-order valence-electron chi connectivity index (χ2n) is 8.48. The fourth-order valence-electron chi connectivity index (χ4n) is 2.96. The average molecular weight is 618 g/mol. The number of hydrogen-bond donors (Lipinski definition) is 0. The summed E-state index contributed by atoms with van der Waals surface area (Å²) in [5.41, 5.74) is 0. The normalized spacial score (nSPS) is 15.0. The maximum Gasteiger partial charge on any atom is 0.460 e. The SMILES string of the molecule is CCCCCCCCCCCOC(=O)C(F)(F)C(F)(F)C(F)(F)C(F)(F)C(F)(F)C(F)(F)C(F)(F)C(F)(F)F. The van der Waals surface area contributed by atoms with Crippen molar-refractivity contribution in [2.75, 3.05) is 6.61 Å². The van der Waals surface area contributed by atoms with E-state index >= 15 is 0 Å². The molecule has 39 heavy (non-hydrogen) atoms. The van der Waals surface area contributed by atoms with E-state index in [9.17, 15) is 79.4 Å². The number of unbranched alkanes of at least 4 members (excludes halogenated alkanes) is 8. The van der Waals surface area contributed by atoms with E-state index in [0.717, 1.165) is 32.1 Å². The molecule has 0 aromatic heterocycles. The van der Waals surface area contributed by atoms with Crippen molar-refractivity contribution in [3.63, 3.8) is 0 Å². The van der Waals surface area contributed by atoms with E-state index < -0.39 is 60.2 Å². The lowest BCUT2D eigenvalue weighted by atomic mass is 9.89. The summed E-state index contributed by atoms with van der Waals surface area (Å²) in [4.78, 5) is 11.2. The molecule has 0 saturated carbocycles. The van der Waals surface area contributed by atoms with E-state index in [1.807, 2.05) is 6.92 Å². The zero-order valence-corrected chi connectivity index (χ0v) is 19.8. The minimum Gasteiger partial charge on any atom is -0.461 e. The van der Waals surface area contributed by atoms with Gasteiger partial charge in [0.25, 0.3) is 0 Å².